The molecule has 1 rings (SSSR count). The molecule has 3 heteroatoms. The second kappa shape index (κ2) is 2.86. The summed E-state index contributed by atoms with van der Waals surface area (Å²) in [6.45, 7) is -0.0481. The largest absolute Gasteiger partial charge is 0.396 e. The number of hydrogen-bond acceptors (Lipinski definition) is 3. The van der Waals surface area contributed by atoms with Gasteiger partial charge in [-0.15, -0.1) is 0 Å². The van der Waals surface area contributed by atoms with Gasteiger partial charge in [0.2, 0.25) is 0 Å². The summed E-state index contributed by atoms with van der Waals surface area (Å²) in [4.78, 5) is 0. The Labute approximate surface area is 60.3 Å². The van der Waals surface area contributed by atoms with Crippen LogP contribution in [0.5, 0.6) is 0 Å². The number of hydrogen-bond donors (Lipinski definition) is 3. The van der Waals surface area contributed by atoms with Gasteiger partial charge >= 0.3 is 0 Å². The van der Waals surface area contributed by atoms with Crippen LogP contribution >= 0.6 is 0 Å². The molecule has 0 spiro atoms. The van der Waals surface area contributed by atoms with E-state index in [4.69, 9.17) is 5.11 Å². The highest BCUT2D eigenvalue weighted by atomic mass is 16.3. The summed E-state index contributed by atoms with van der Waals surface area (Å²) in [6, 6.07) is 0. The maximum absolute atomic E-state index is 9.55. The molecule has 0 aromatic heterocycles. The van der Waals surface area contributed by atoms with Crippen LogP contribution in [-0.2, 0) is 0 Å². The summed E-state index contributed by atoms with van der Waals surface area (Å²) >= 11 is 0. The summed E-state index contributed by atoms with van der Waals surface area (Å²) in [5.41, 5.74) is -0.991. The van der Waals surface area contributed by atoms with Gasteiger partial charge in [-0.1, -0.05) is 0 Å². The van der Waals surface area contributed by atoms with Gasteiger partial charge < -0.3 is 15.3 Å². The third-order valence-corrected chi connectivity index (χ3v) is 2.25. The summed E-state index contributed by atoms with van der Waals surface area (Å²) in [7, 11) is 0. The van der Waals surface area contributed by atoms with E-state index in [1.807, 2.05) is 0 Å². The van der Waals surface area contributed by atoms with Crippen molar-refractivity contribution in [2.24, 2.45) is 0 Å². The molecule has 1 aliphatic carbocycles. The van der Waals surface area contributed by atoms with Gasteiger partial charge in [-0.2, -0.15) is 0 Å². The van der Waals surface area contributed by atoms with E-state index >= 15 is 0 Å². The maximum Gasteiger partial charge on any atom is 0.0927 e. The van der Waals surface area contributed by atoms with E-state index in [9.17, 15) is 10.2 Å². The lowest BCUT2D eigenvalue weighted by molar-refractivity contribution is -0.0662. The van der Waals surface area contributed by atoms with Crippen LogP contribution in [0.15, 0.2) is 0 Å². The minimum Gasteiger partial charge on any atom is -0.396 e. The zero-order chi connectivity index (χ0) is 7.61. The van der Waals surface area contributed by atoms with Gasteiger partial charge in [0.25, 0.3) is 0 Å². The first-order chi connectivity index (χ1) is 4.69. The molecule has 1 fully saturated rings. The topological polar surface area (TPSA) is 60.7 Å². The lowest BCUT2D eigenvalue weighted by Crippen LogP contribution is -2.38. The van der Waals surface area contributed by atoms with E-state index in [0.717, 1.165) is 6.42 Å². The van der Waals surface area contributed by atoms with Crippen LogP contribution in [-0.4, -0.2) is 33.6 Å². The molecule has 0 aromatic carbocycles. The summed E-state index contributed by atoms with van der Waals surface area (Å²) < 4.78 is 0. The predicted octanol–water partition coefficient (Wildman–Crippen LogP) is -0.355. The first kappa shape index (κ1) is 7.98. The molecule has 3 N–H and O–H groups in total. The summed E-state index contributed by atoms with van der Waals surface area (Å²) in [5.74, 6) is 0. The Balaban J connectivity index is 2.48. The van der Waals surface area contributed by atoms with Gasteiger partial charge in [0, 0.05) is 13.0 Å². The maximum atomic E-state index is 9.55. The molecule has 1 saturated carbocycles. The van der Waals surface area contributed by atoms with Crippen LogP contribution in [0.25, 0.3) is 0 Å². The molecule has 0 heterocycles. The SMILES string of the molecule is OCCC1(O)CCCC1O. The molecule has 10 heavy (non-hydrogen) atoms. The molecule has 0 amide bonds. The molecular formula is C7H14O3. The first-order valence-electron chi connectivity index (χ1n) is 3.70. The van der Waals surface area contributed by atoms with Crippen LogP contribution < -0.4 is 0 Å². The lowest BCUT2D eigenvalue weighted by atomic mass is 9.96. The van der Waals surface area contributed by atoms with E-state index in [0.29, 0.717) is 19.3 Å². The average Bonchev–Trinajstić information content (AvgIpc) is 2.15. The fraction of sp³-hybridized carbons (Fsp3) is 1.00. The minimum atomic E-state index is -0.991. The fourth-order valence-corrected chi connectivity index (χ4v) is 1.52. The zero-order valence-electron chi connectivity index (χ0n) is 5.95. The summed E-state index contributed by atoms with van der Waals surface area (Å²) in [5, 5.41) is 27.3. The van der Waals surface area contributed by atoms with E-state index < -0.39 is 11.7 Å². The summed E-state index contributed by atoms with van der Waals surface area (Å²) in [6.07, 6.45) is 1.82. The Morgan fingerprint density at radius 1 is 1.50 bits per heavy atom. The van der Waals surface area contributed by atoms with Gasteiger partial charge in [0.1, 0.15) is 0 Å². The van der Waals surface area contributed by atoms with Crippen molar-refractivity contribution in [2.75, 3.05) is 6.61 Å². The van der Waals surface area contributed by atoms with E-state index in [2.05, 4.69) is 0 Å². The van der Waals surface area contributed by atoms with Crippen LogP contribution in [0.3, 0.4) is 0 Å². The van der Waals surface area contributed by atoms with E-state index in [1.165, 1.54) is 0 Å². The number of aliphatic hydroxyl groups is 3. The third-order valence-electron chi connectivity index (χ3n) is 2.25. The Morgan fingerprint density at radius 2 is 2.20 bits per heavy atom. The molecule has 2 atom stereocenters. The van der Waals surface area contributed by atoms with Crippen molar-refractivity contribution in [2.45, 2.75) is 37.4 Å². The van der Waals surface area contributed by atoms with Crippen molar-refractivity contribution in [1.29, 1.82) is 0 Å². The van der Waals surface area contributed by atoms with Gasteiger partial charge in [0.15, 0.2) is 0 Å². The average molecular weight is 146 g/mol. The number of rotatable bonds is 2. The smallest absolute Gasteiger partial charge is 0.0927 e. The highest BCUT2D eigenvalue weighted by Gasteiger charge is 2.39. The number of aliphatic hydroxyl groups excluding tert-OH is 2. The Hall–Kier alpha value is -0.120. The molecule has 60 valence electrons. The van der Waals surface area contributed by atoms with Crippen LogP contribution in [0.4, 0.5) is 0 Å². The van der Waals surface area contributed by atoms with Crippen molar-refractivity contribution in [3.63, 3.8) is 0 Å². The minimum absolute atomic E-state index is 0.0481. The standard InChI is InChI=1S/C7H14O3/c8-5-4-7(10)3-1-2-6(7)9/h6,8-10H,1-5H2. The monoisotopic (exact) mass is 146 g/mol. The molecule has 0 radical (unpaired) electrons. The zero-order valence-corrected chi connectivity index (χ0v) is 5.95. The third kappa shape index (κ3) is 1.31. The molecule has 3 nitrogen and oxygen atoms in total. The molecule has 0 aliphatic heterocycles. The molecular weight excluding hydrogens is 132 g/mol. The predicted molar refractivity (Wildman–Crippen MR) is 36.5 cm³/mol. The van der Waals surface area contributed by atoms with Crippen molar-refractivity contribution >= 4 is 0 Å². The lowest BCUT2D eigenvalue weighted by Gasteiger charge is -2.25. The molecule has 2 unspecified atom stereocenters. The Bertz CT molecular complexity index is 115. The van der Waals surface area contributed by atoms with Gasteiger partial charge in [0.05, 0.1) is 11.7 Å². The second-order valence-corrected chi connectivity index (χ2v) is 2.99. The molecule has 1 aliphatic rings. The fourth-order valence-electron chi connectivity index (χ4n) is 1.52. The van der Waals surface area contributed by atoms with Crippen LogP contribution in [0.2, 0.25) is 0 Å². The Kier molecular flexibility index (Phi) is 2.28. The van der Waals surface area contributed by atoms with Gasteiger partial charge in [-0.25, -0.2) is 0 Å². The van der Waals surface area contributed by atoms with Crippen LogP contribution in [0, 0.1) is 0 Å². The molecule has 0 bridgehead atoms. The normalized spacial score (nSPS) is 40.5. The van der Waals surface area contributed by atoms with Gasteiger partial charge in [-0.05, 0) is 19.3 Å². The van der Waals surface area contributed by atoms with Crippen molar-refractivity contribution in [3.8, 4) is 0 Å². The van der Waals surface area contributed by atoms with Crippen molar-refractivity contribution in [3.05, 3.63) is 0 Å². The molecule has 0 aromatic rings. The van der Waals surface area contributed by atoms with E-state index in [-0.39, 0.29) is 6.61 Å². The van der Waals surface area contributed by atoms with Gasteiger partial charge in [-0.3, -0.25) is 0 Å². The molecule has 0 saturated heterocycles. The quantitative estimate of drug-likeness (QED) is 0.499. The second-order valence-electron chi connectivity index (χ2n) is 2.99. The van der Waals surface area contributed by atoms with E-state index in [1.54, 1.807) is 0 Å². The Morgan fingerprint density at radius 3 is 2.60 bits per heavy atom. The van der Waals surface area contributed by atoms with Crippen LogP contribution in [0.1, 0.15) is 25.7 Å². The highest BCUT2D eigenvalue weighted by Crippen LogP contribution is 2.32. The first-order valence-corrected chi connectivity index (χ1v) is 3.70. The van der Waals surface area contributed by atoms with Crippen molar-refractivity contribution in [1.82, 2.24) is 0 Å². The highest BCUT2D eigenvalue weighted by molar-refractivity contribution is 4.91. The van der Waals surface area contributed by atoms with Crippen molar-refractivity contribution < 1.29 is 15.3 Å².